The molecule has 7 heteroatoms. The van der Waals surface area contributed by atoms with Gasteiger partial charge in [0.15, 0.2) is 0 Å². The van der Waals surface area contributed by atoms with Crippen molar-refractivity contribution in [1.82, 2.24) is 20.3 Å². The molecule has 1 fully saturated rings. The average Bonchev–Trinajstić information content (AvgIpc) is 3.06. The van der Waals surface area contributed by atoms with Crippen LogP contribution in [0.5, 0.6) is 0 Å². The molecular weight excluding hydrogens is 355 g/mol. The number of rotatable bonds is 5. The highest BCUT2D eigenvalue weighted by molar-refractivity contribution is 6.31. The van der Waals surface area contributed by atoms with Crippen LogP contribution < -0.4 is 5.32 Å². The van der Waals surface area contributed by atoms with Crippen molar-refractivity contribution in [3.05, 3.63) is 46.5 Å². The van der Waals surface area contributed by atoms with Crippen LogP contribution in [0, 0.1) is 5.82 Å². The molecule has 5 nitrogen and oxygen atoms in total. The molecule has 0 saturated carbocycles. The molecule has 3 rings (SSSR count). The predicted molar refractivity (Wildman–Crippen MR) is 99.8 cm³/mol. The van der Waals surface area contributed by atoms with Gasteiger partial charge >= 0.3 is 0 Å². The van der Waals surface area contributed by atoms with E-state index in [9.17, 15) is 4.39 Å². The van der Waals surface area contributed by atoms with Gasteiger partial charge in [0.25, 0.3) is 0 Å². The molecule has 1 saturated heterocycles. The Morgan fingerprint density at radius 1 is 1.31 bits per heavy atom. The maximum Gasteiger partial charge on any atom is 0.124 e. The van der Waals surface area contributed by atoms with Gasteiger partial charge in [-0.3, -0.25) is 0 Å². The summed E-state index contributed by atoms with van der Waals surface area (Å²) in [5.74, 6) is -0.313. The first-order valence-electron chi connectivity index (χ1n) is 8.96. The summed E-state index contributed by atoms with van der Waals surface area (Å²) in [7, 11) is 0. The predicted octanol–water partition coefficient (Wildman–Crippen LogP) is 3.71. The van der Waals surface area contributed by atoms with Crippen LogP contribution in [0.4, 0.5) is 4.39 Å². The van der Waals surface area contributed by atoms with Gasteiger partial charge in [-0.05, 0) is 57.7 Å². The van der Waals surface area contributed by atoms with Crippen LogP contribution >= 0.6 is 11.6 Å². The summed E-state index contributed by atoms with van der Waals surface area (Å²) in [4.78, 5) is 0. The molecule has 26 heavy (non-hydrogen) atoms. The number of nitrogens with zero attached hydrogens (tertiary/aromatic N) is 3. The molecule has 0 bridgehead atoms. The van der Waals surface area contributed by atoms with Crippen molar-refractivity contribution in [2.24, 2.45) is 0 Å². The van der Waals surface area contributed by atoms with E-state index >= 15 is 0 Å². The molecule has 2 aromatic rings. The number of nitrogens with one attached hydrogen (secondary N) is 1. The summed E-state index contributed by atoms with van der Waals surface area (Å²) in [6.07, 6.45) is 4.44. The molecule has 1 aliphatic heterocycles. The third-order valence-electron chi connectivity index (χ3n) is 4.87. The molecule has 0 atom stereocenters. The number of aromatic nitrogens is 3. The molecule has 2 heterocycles. The second kappa shape index (κ2) is 7.62. The smallest absolute Gasteiger partial charge is 0.124 e. The van der Waals surface area contributed by atoms with Crippen LogP contribution in [0.1, 0.15) is 44.9 Å². The molecular formula is C19H26ClFN4O. The van der Waals surface area contributed by atoms with Crippen molar-refractivity contribution < 1.29 is 9.13 Å². The molecule has 1 N–H and O–H groups in total. The zero-order valence-corrected chi connectivity index (χ0v) is 16.3. The molecule has 0 aliphatic carbocycles. The van der Waals surface area contributed by atoms with E-state index in [1.807, 2.05) is 10.9 Å². The van der Waals surface area contributed by atoms with E-state index in [2.05, 4.69) is 36.4 Å². The Hall–Kier alpha value is -1.50. The minimum Gasteiger partial charge on any atom is -0.381 e. The average molecular weight is 381 g/mol. The van der Waals surface area contributed by atoms with Crippen LogP contribution in [-0.2, 0) is 23.2 Å². The first-order valence-corrected chi connectivity index (χ1v) is 9.34. The van der Waals surface area contributed by atoms with Crippen LogP contribution in [0.3, 0.4) is 0 Å². The van der Waals surface area contributed by atoms with Crippen molar-refractivity contribution >= 4 is 11.6 Å². The zero-order valence-electron chi connectivity index (χ0n) is 15.6. The highest BCUT2D eigenvalue weighted by Gasteiger charge is 2.33. The van der Waals surface area contributed by atoms with E-state index in [1.54, 1.807) is 6.07 Å². The maximum absolute atomic E-state index is 13.4. The van der Waals surface area contributed by atoms with Crippen LogP contribution in [0.25, 0.3) is 0 Å². The van der Waals surface area contributed by atoms with Crippen molar-refractivity contribution in [2.45, 2.75) is 57.7 Å². The van der Waals surface area contributed by atoms with Gasteiger partial charge in [-0.2, -0.15) is 0 Å². The third kappa shape index (κ3) is 4.61. The van der Waals surface area contributed by atoms with Crippen LogP contribution in [-0.4, -0.2) is 33.7 Å². The van der Waals surface area contributed by atoms with Gasteiger partial charge in [0.2, 0.25) is 0 Å². The second-order valence-corrected chi connectivity index (χ2v) is 8.39. The van der Waals surface area contributed by atoms with Gasteiger partial charge in [0.1, 0.15) is 5.82 Å². The lowest BCUT2D eigenvalue weighted by Crippen LogP contribution is -2.50. The molecule has 142 valence electrons. The number of benzene rings is 1. The summed E-state index contributed by atoms with van der Waals surface area (Å²) >= 11 is 6.26. The van der Waals surface area contributed by atoms with Gasteiger partial charge in [-0.25, -0.2) is 9.07 Å². The van der Waals surface area contributed by atoms with Crippen LogP contribution in [0.2, 0.25) is 5.02 Å². The summed E-state index contributed by atoms with van der Waals surface area (Å²) < 4.78 is 20.8. The van der Waals surface area contributed by atoms with E-state index in [0.29, 0.717) is 24.8 Å². The molecule has 1 aromatic carbocycles. The van der Waals surface area contributed by atoms with Crippen molar-refractivity contribution in [2.75, 3.05) is 13.2 Å². The van der Waals surface area contributed by atoms with Gasteiger partial charge in [-0.1, -0.05) is 22.9 Å². The van der Waals surface area contributed by atoms with E-state index in [4.69, 9.17) is 16.3 Å². The van der Waals surface area contributed by atoms with E-state index < -0.39 is 0 Å². The summed E-state index contributed by atoms with van der Waals surface area (Å²) in [5, 5.41) is 12.6. The molecule has 0 amide bonds. The molecule has 0 unspecified atom stereocenters. The Morgan fingerprint density at radius 2 is 2.04 bits per heavy atom. The minimum atomic E-state index is -0.313. The largest absolute Gasteiger partial charge is 0.381 e. The topological polar surface area (TPSA) is 52.0 Å². The van der Waals surface area contributed by atoms with Crippen molar-refractivity contribution in [1.29, 1.82) is 0 Å². The lowest BCUT2D eigenvalue weighted by atomic mass is 9.83. The molecule has 1 aromatic heterocycles. The fraction of sp³-hybridized carbons (Fsp3) is 0.579. The number of ether oxygens (including phenoxy) is 1. The summed E-state index contributed by atoms with van der Waals surface area (Å²) in [5.41, 5.74) is 1.60. The van der Waals surface area contributed by atoms with Crippen LogP contribution in [0.15, 0.2) is 24.4 Å². The Balaban J connectivity index is 1.74. The Kier molecular flexibility index (Phi) is 5.65. The fourth-order valence-corrected chi connectivity index (χ4v) is 3.43. The summed E-state index contributed by atoms with van der Waals surface area (Å²) in [6.45, 7) is 8.29. The van der Waals surface area contributed by atoms with E-state index in [1.165, 1.54) is 12.1 Å². The minimum absolute atomic E-state index is 0.0940. The first kappa shape index (κ1) is 19.3. The Bertz CT molecular complexity index is 750. The number of halogens is 2. The normalized spacial score (nSPS) is 17.4. The Morgan fingerprint density at radius 3 is 2.65 bits per heavy atom. The summed E-state index contributed by atoms with van der Waals surface area (Å²) in [6, 6.07) is 4.61. The number of hydrogen-bond acceptors (Lipinski definition) is 4. The third-order valence-corrected chi connectivity index (χ3v) is 5.22. The SMILES string of the molecule is CC(C)(C)n1cc(CNC2(Cc3ccc(F)cc3Cl)CCOCC2)nn1. The molecule has 0 spiro atoms. The molecule has 0 radical (unpaired) electrons. The number of hydrogen-bond donors (Lipinski definition) is 1. The fourth-order valence-electron chi connectivity index (χ4n) is 3.19. The lowest BCUT2D eigenvalue weighted by Gasteiger charge is -2.38. The second-order valence-electron chi connectivity index (χ2n) is 7.98. The van der Waals surface area contributed by atoms with E-state index in [-0.39, 0.29) is 16.9 Å². The zero-order chi connectivity index (χ0) is 18.8. The lowest BCUT2D eigenvalue weighted by molar-refractivity contribution is 0.0372. The van der Waals surface area contributed by atoms with Gasteiger partial charge in [0, 0.05) is 30.3 Å². The highest BCUT2D eigenvalue weighted by Crippen LogP contribution is 2.29. The van der Waals surface area contributed by atoms with E-state index in [0.717, 1.165) is 30.5 Å². The standard InChI is InChI=1S/C19H26ClFN4O/c1-18(2,3)25-13-16(23-24-25)12-22-19(6-8-26-9-7-19)11-14-4-5-15(21)10-17(14)20/h4-5,10,13,22H,6-9,11-12H2,1-3H3. The van der Waals surface area contributed by atoms with Crippen molar-refractivity contribution in [3.8, 4) is 0 Å². The monoisotopic (exact) mass is 380 g/mol. The van der Waals surface area contributed by atoms with Crippen molar-refractivity contribution in [3.63, 3.8) is 0 Å². The quantitative estimate of drug-likeness (QED) is 0.859. The van der Waals surface area contributed by atoms with Gasteiger partial charge in [0.05, 0.1) is 17.4 Å². The van der Waals surface area contributed by atoms with Gasteiger partial charge < -0.3 is 10.1 Å². The van der Waals surface area contributed by atoms with Gasteiger partial charge in [-0.15, -0.1) is 5.10 Å². The molecule has 1 aliphatic rings. The Labute approximate surface area is 158 Å². The maximum atomic E-state index is 13.4. The first-order chi connectivity index (χ1) is 12.3. The highest BCUT2D eigenvalue weighted by atomic mass is 35.5.